The van der Waals surface area contributed by atoms with Gasteiger partial charge in [-0.2, -0.15) is 16.1 Å². The van der Waals surface area contributed by atoms with Crippen molar-refractivity contribution < 1.29 is 13.2 Å². The maximum Gasteiger partial charge on any atom is 0.241 e. The number of sulfonamides is 1. The Morgan fingerprint density at radius 1 is 1.21 bits per heavy atom. The SMILES string of the molecule is COc1ccc(S(=O)(=O)N[C@@H](c2ccsc2)c2cccs2)cc1Cl. The van der Waals surface area contributed by atoms with Crippen LogP contribution in [0.25, 0.3) is 0 Å². The molecule has 0 aliphatic carbocycles. The zero-order valence-corrected chi connectivity index (χ0v) is 15.8. The molecule has 1 atom stereocenters. The molecule has 1 aromatic carbocycles. The Morgan fingerprint density at radius 2 is 2.04 bits per heavy atom. The van der Waals surface area contributed by atoms with Gasteiger partial charge in [0, 0.05) is 4.88 Å². The van der Waals surface area contributed by atoms with Crippen LogP contribution in [0.1, 0.15) is 16.5 Å². The van der Waals surface area contributed by atoms with Crippen LogP contribution in [0, 0.1) is 0 Å². The monoisotopic (exact) mass is 399 g/mol. The average molecular weight is 400 g/mol. The Bertz CT molecular complexity index is 872. The van der Waals surface area contributed by atoms with Crippen molar-refractivity contribution in [2.24, 2.45) is 0 Å². The van der Waals surface area contributed by atoms with E-state index in [1.807, 2.05) is 34.3 Å². The van der Waals surface area contributed by atoms with E-state index in [2.05, 4.69) is 4.72 Å². The van der Waals surface area contributed by atoms with Crippen LogP contribution in [0.3, 0.4) is 0 Å². The largest absolute Gasteiger partial charge is 0.495 e. The first-order valence-electron chi connectivity index (χ1n) is 6.92. The third-order valence-electron chi connectivity index (χ3n) is 3.41. The maximum absolute atomic E-state index is 12.8. The number of hydrogen-bond donors (Lipinski definition) is 1. The van der Waals surface area contributed by atoms with Crippen LogP contribution in [0.2, 0.25) is 5.02 Å². The third-order valence-corrected chi connectivity index (χ3v) is 6.77. The Balaban J connectivity index is 1.95. The summed E-state index contributed by atoms with van der Waals surface area (Å²) in [6, 6.07) is 9.71. The Hall–Kier alpha value is -1.38. The van der Waals surface area contributed by atoms with Crippen LogP contribution in [0.4, 0.5) is 0 Å². The molecule has 0 amide bonds. The number of thiophene rings is 2. The topological polar surface area (TPSA) is 55.4 Å². The fourth-order valence-electron chi connectivity index (χ4n) is 2.22. The smallest absolute Gasteiger partial charge is 0.241 e. The maximum atomic E-state index is 12.8. The molecule has 3 aromatic rings. The molecule has 1 N–H and O–H groups in total. The van der Waals surface area contributed by atoms with E-state index in [4.69, 9.17) is 16.3 Å². The molecular weight excluding hydrogens is 386 g/mol. The fourth-order valence-corrected chi connectivity index (χ4v) is 5.34. The van der Waals surface area contributed by atoms with E-state index in [9.17, 15) is 8.42 Å². The standard InChI is InChI=1S/C16H14ClNO3S3/c1-21-14-5-4-12(9-13(14)17)24(19,20)18-16(11-6-8-22-10-11)15-3-2-7-23-15/h2-10,16,18H,1H3/t16-/m0/s1. The van der Waals surface area contributed by atoms with E-state index in [1.54, 1.807) is 6.07 Å². The lowest BCUT2D eigenvalue weighted by molar-refractivity contribution is 0.414. The van der Waals surface area contributed by atoms with Gasteiger partial charge in [0.05, 0.1) is 23.1 Å². The van der Waals surface area contributed by atoms with Crippen molar-refractivity contribution in [1.82, 2.24) is 4.72 Å². The lowest BCUT2D eigenvalue weighted by Crippen LogP contribution is -2.28. The Morgan fingerprint density at radius 3 is 2.62 bits per heavy atom. The van der Waals surface area contributed by atoms with Crippen LogP contribution >= 0.6 is 34.3 Å². The number of rotatable bonds is 6. The summed E-state index contributed by atoms with van der Waals surface area (Å²) < 4.78 is 33.4. The van der Waals surface area contributed by atoms with E-state index in [0.29, 0.717) is 5.75 Å². The first kappa shape index (κ1) is 17.4. The summed E-state index contributed by atoms with van der Waals surface area (Å²) >= 11 is 9.09. The zero-order valence-electron chi connectivity index (χ0n) is 12.6. The highest BCUT2D eigenvalue weighted by Crippen LogP contribution is 2.31. The first-order chi connectivity index (χ1) is 11.5. The normalized spacial score (nSPS) is 12.9. The van der Waals surface area contributed by atoms with Crippen molar-refractivity contribution >= 4 is 44.3 Å². The van der Waals surface area contributed by atoms with Crippen LogP contribution < -0.4 is 9.46 Å². The molecule has 0 radical (unpaired) electrons. The lowest BCUT2D eigenvalue weighted by atomic mass is 10.1. The number of ether oxygens (including phenoxy) is 1. The number of methoxy groups -OCH3 is 1. The summed E-state index contributed by atoms with van der Waals surface area (Å²) in [4.78, 5) is 1.03. The fraction of sp³-hybridized carbons (Fsp3) is 0.125. The molecule has 3 rings (SSSR count). The van der Waals surface area contributed by atoms with Gasteiger partial charge in [-0.05, 0) is 52.0 Å². The minimum Gasteiger partial charge on any atom is -0.495 e. The van der Waals surface area contributed by atoms with Gasteiger partial charge < -0.3 is 4.74 Å². The van der Waals surface area contributed by atoms with Gasteiger partial charge in [-0.25, -0.2) is 8.42 Å². The molecule has 0 saturated heterocycles. The van der Waals surface area contributed by atoms with Crippen LogP contribution in [-0.4, -0.2) is 15.5 Å². The van der Waals surface area contributed by atoms with Gasteiger partial charge in [0.25, 0.3) is 0 Å². The van der Waals surface area contributed by atoms with Crippen LogP contribution in [0.15, 0.2) is 57.4 Å². The van der Waals surface area contributed by atoms with Crippen molar-refractivity contribution in [3.8, 4) is 5.75 Å². The van der Waals surface area contributed by atoms with E-state index in [0.717, 1.165) is 10.4 Å². The molecule has 0 fully saturated rings. The minimum atomic E-state index is -3.74. The van der Waals surface area contributed by atoms with Gasteiger partial charge in [0.15, 0.2) is 0 Å². The highest BCUT2D eigenvalue weighted by Gasteiger charge is 2.24. The van der Waals surface area contributed by atoms with Crippen LogP contribution in [-0.2, 0) is 10.0 Å². The van der Waals surface area contributed by atoms with Crippen LogP contribution in [0.5, 0.6) is 5.75 Å². The van der Waals surface area contributed by atoms with E-state index < -0.39 is 16.1 Å². The van der Waals surface area contributed by atoms with E-state index in [-0.39, 0.29) is 9.92 Å². The van der Waals surface area contributed by atoms with Gasteiger partial charge in [0.1, 0.15) is 5.75 Å². The minimum absolute atomic E-state index is 0.102. The van der Waals surface area contributed by atoms with Crippen molar-refractivity contribution in [2.45, 2.75) is 10.9 Å². The van der Waals surface area contributed by atoms with Crippen molar-refractivity contribution in [1.29, 1.82) is 0 Å². The van der Waals surface area contributed by atoms with Gasteiger partial charge in [0.2, 0.25) is 10.0 Å². The summed E-state index contributed by atoms with van der Waals surface area (Å²) in [7, 11) is -2.25. The number of benzene rings is 1. The molecule has 0 aliphatic heterocycles. The number of halogens is 1. The molecule has 0 saturated carbocycles. The van der Waals surface area contributed by atoms with Crippen molar-refractivity contribution in [3.05, 3.63) is 68.0 Å². The summed E-state index contributed by atoms with van der Waals surface area (Å²) in [5, 5.41) is 6.04. The molecule has 0 unspecified atom stereocenters. The molecule has 0 spiro atoms. The van der Waals surface area contributed by atoms with Gasteiger partial charge in [-0.15, -0.1) is 11.3 Å². The predicted octanol–water partition coefficient (Wildman–Crippen LogP) is 4.54. The first-order valence-corrected chi connectivity index (χ1v) is 10.6. The quantitative estimate of drug-likeness (QED) is 0.662. The molecule has 4 nitrogen and oxygen atoms in total. The lowest BCUT2D eigenvalue weighted by Gasteiger charge is -2.17. The molecule has 126 valence electrons. The van der Waals surface area contributed by atoms with Gasteiger partial charge in [-0.3, -0.25) is 0 Å². The average Bonchev–Trinajstić information content (AvgIpc) is 3.26. The molecule has 2 aromatic heterocycles. The second-order valence-electron chi connectivity index (χ2n) is 4.92. The predicted molar refractivity (Wildman–Crippen MR) is 98.8 cm³/mol. The second kappa shape index (κ2) is 7.25. The molecule has 24 heavy (non-hydrogen) atoms. The van der Waals surface area contributed by atoms with Crippen molar-refractivity contribution in [3.63, 3.8) is 0 Å². The number of nitrogens with one attached hydrogen (secondary N) is 1. The summed E-state index contributed by atoms with van der Waals surface area (Å²) in [6.45, 7) is 0. The molecule has 2 heterocycles. The van der Waals surface area contributed by atoms with E-state index >= 15 is 0 Å². The third kappa shape index (κ3) is 3.65. The highest BCUT2D eigenvalue weighted by atomic mass is 35.5. The zero-order chi connectivity index (χ0) is 17.2. The second-order valence-corrected chi connectivity index (χ2v) is 8.80. The highest BCUT2D eigenvalue weighted by molar-refractivity contribution is 7.89. The Kier molecular flexibility index (Phi) is 5.27. The molecule has 0 aliphatic rings. The summed E-state index contributed by atoms with van der Waals surface area (Å²) in [6.07, 6.45) is 0. The summed E-state index contributed by atoms with van der Waals surface area (Å²) in [5.41, 5.74) is 0.908. The molecule has 8 heteroatoms. The summed E-state index contributed by atoms with van der Waals surface area (Å²) in [5.74, 6) is 0.434. The van der Waals surface area contributed by atoms with Gasteiger partial charge >= 0.3 is 0 Å². The van der Waals surface area contributed by atoms with Gasteiger partial charge in [-0.1, -0.05) is 17.7 Å². The number of hydrogen-bond acceptors (Lipinski definition) is 5. The molecular formula is C16H14ClNO3S3. The van der Waals surface area contributed by atoms with E-state index in [1.165, 1.54) is 41.9 Å². The Labute approximate surface area is 153 Å². The molecule has 0 bridgehead atoms. The van der Waals surface area contributed by atoms with Crippen molar-refractivity contribution in [2.75, 3.05) is 7.11 Å².